The molecule has 0 saturated heterocycles. The van der Waals surface area contributed by atoms with Gasteiger partial charge in [-0.3, -0.25) is 4.98 Å². The van der Waals surface area contributed by atoms with Crippen LogP contribution in [-0.4, -0.2) is 14.7 Å². The van der Waals surface area contributed by atoms with E-state index in [9.17, 15) is 9.50 Å². The van der Waals surface area contributed by atoms with Crippen LogP contribution in [0.4, 0.5) is 4.39 Å². The fraction of sp³-hybridized carbons (Fsp3) is 0.0952. The maximum Gasteiger partial charge on any atom is 0.123 e. The molecule has 0 radical (unpaired) electrons. The van der Waals surface area contributed by atoms with E-state index >= 15 is 0 Å². The van der Waals surface area contributed by atoms with Gasteiger partial charge in [0, 0.05) is 47.2 Å². The number of thiophene rings is 1. The molecule has 1 N–H and O–H groups in total. The maximum atomic E-state index is 13.4. The highest BCUT2D eigenvalue weighted by Crippen LogP contribution is 2.43. The topological polar surface area (TPSA) is 38.0 Å². The molecule has 136 valence electrons. The Hall–Kier alpha value is -2.47. The number of pyridine rings is 1. The Kier molecular flexibility index (Phi) is 4.83. The summed E-state index contributed by atoms with van der Waals surface area (Å²) in [5.41, 5.74) is 3.98. The number of aromatic nitrogens is 2. The average Bonchev–Trinajstić information content (AvgIpc) is 3.26. The molecule has 3 nitrogen and oxygen atoms in total. The molecule has 4 aromatic rings. The van der Waals surface area contributed by atoms with Crippen molar-refractivity contribution in [2.45, 2.75) is 6.10 Å². The quantitative estimate of drug-likeness (QED) is 0.479. The van der Waals surface area contributed by atoms with Crippen LogP contribution >= 0.6 is 22.9 Å². The lowest BCUT2D eigenvalue weighted by Gasteiger charge is -2.15. The van der Waals surface area contributed by atoms with Crippen LogP contribution in [0.3, 0.4) is 0 Å². The Morgan fingerprint density at radius 1 is 1.15 bits per heavy atom. The van der Waals surface area contributed by atoms with Crippen molar-refractivity contribution >= 4 is 22.9 Å². The Labute approximate surface area is 165 Å². The van der Waals surface area contributed by atoms with Crippen molar-refractivity contribution < 1.29 is 9.50 Å². The van der Waals surface area contributed by atoms with Crippen molar-refractivity contribution in [3.05, 3.63) is 88.4 Å². The minimum atomic E-state index is -0.879. The standard InChI is InChI=1S/C21H16ClFN2OS/c1-25-12-16(17-8-9-18(22)27-17)19(21(26)14-3-2-10-24-11-14)20(25)13-4-6-15(23)7-5-13/h2-12,21,26H,1H3. The molecule has 0 saturated carbocycles. The van der Waals surface area contributed by atoms with Crippen LogP contribution in [0.1, 0.15) is 17.2 Å². The Morgan fingerprint density at radius 2 is 1.93 bits per heavy atom. The van der Waals surface area contributed by atoms with Gasteiger partial charge in [-0.25, -0.2) is 4.39 Å². The van der Waals surface area contributed by atoms with Gasteiger partial charge >= 0.3 is 0 Å². The first kappa shape index (κ1) is 17.9. The van der Waals surface area contributed by atoms with E-state index < -0.39 is 6.10 Å². The summed E-state index contributed by atoms with van der Waals surface area (Å²) >= 11 is 7.59. The highest BCUT2D eigenvalue weighted by Gasteiger charge is 2.25. The Bertz CT molecular complexity index is 1070. The lowest BCUT2D eigenvalue weighted by Crippen LogP contribution is -2.03. The number of nitrogens with zero attached hydrogens (tertiary/aromatic N) is 2. The Balaban J connectivity index is 1.96. The predicted octanol–water partition coefficient (Wildman–Crippen LogP) is 5.69. The van der Waals surface area contributed by atoms with Crippen molar-refractivity contribution in [3.8, 4) is 21.7 Å². The van der Waals surface area contributed by atoms with Crippen molar-refractivity contribution in [2.24, 2.45) is 7.05 Å². The van der Waals surface area contributed by atoms with Crippen LogP contribution in [0.5, 0.6) is 0 Å². The van der Waals surface area contributed by atoms with E-state index in [-0.39, 0.29) is 5.82 Å². The fourth-order valence-electron chi connectivity index (χ4n) is 3.25. The summed E-state index contributed by atoms with van der Waals surface area (Å²) in [5, 5.41) is 11.2. The van der Waals surface area contributed by atoms with Crippen LogP contribution in [-0.2, 0) is 7.05 Å². The molecule has 0 amide bonds. The molecule has 1 atom stereocenters. The normalized spacial score (nSPS) is 12.3. The smallest absolute Gasteiger partial charge is 0.123 e. The van der Waals surface area contributed by atoms with Gasteiger partial charge in [0.15, 0.2) is 0 Å². The van der Waals surface area contributed by atoms with Crippen molar-refractivity contribution in [2.75, 3.05) is 0 Å². The van der Waals surface area contributed by atoms with E-state index in [0.717, 1.165) is 27.3 Å². The molecular weight excluding hydrogens is 383 g/mol. The van der Waals surface area contributed by atoms with E-state index in [1.165, 1.54) is 23.5 Å². The van der Waals surface area contributed by atoms with Gasteiger partial charge in [-0.2, -0.15) is 0 Å². The van der Waals surface area contributed by atoms with Gasteiger partial charge in [0.25, 0.3) is 0 Å². The molecule has 0 spiro atoms. The molecule has 0 bridgehead atoms. The van der Waals surface area contributed by atoms with E-state index in [0.29, 0.717) is 9.90 Å². The lowest BCUT2D eigenvalue weighted by molar-refractivity contribution is 0.221. The number of aliphatic hydroxyl groups excluding tert-OH is 1. The molecule has 0 fully saturated rings. The molecule has 4 rings (SSSR count). The second-order valence-electron chi connectivity index (χ2n) is 6.22. The van der Waals surface area contributed by atoms with Gasteiger partial charge in [0.2, 0.25) is 0 Å². The molecule has 1 aromatic carbocycles. The van der Waals surface area contributed by atoms with Gasteiger partial charge in [0.1, 0.15) is 11.9 Å². The molecule has 3 heterocycles. The maximum absolute atomic E-state index is 13.4. The summed E-state index contributed by atoms with van der Waals surface area (Å²) in [6.07, 6.45) is 4.41. The highest BCUT2D eigenvalue weighted by atomic mass is 35.5. The van der Waals surface area contributed by atoms with E-state index in [1.807, 2.05) is 36.0 Å². The molecule has 6 heteroatoms. The third-order valence-electron chi connectivity index (χ3n) is 4.45. The summed E-state index contributed by atoms with van der Waals surface area (Å²) in [6.45, 7) is 0. The van der Waals surface area contributed by atoms with Crippen molar-refractivity contribution in [1.82, 2.24) is 9.55 Å². The molecule has 3 aromatic heterocycles. The molecular formula is C21H16ClFN2OS. The fourth-order valence-corrected chi connectivity index (χ4v) is 4.32. The number of aryl methyl sites for hydroxylation is 1. The van der Waals surface area contributed by atoms with E-state index in [4.69, 9.17) is 11.6 Å². The summed E-state index contributed by atoms with van der Waals surface area (Å²) in [7, 11) is 1.91. The minimum Gasteiger partial charge on any atom is -0.383 e. The third kappa shape index (κ3) is 3.41. The second-order valence-corrected chi connectivity index (χ2v) is 7.93. The largest absolute Gasteiger partial charge is 0.383 e. The predicted molar refractivity (Wildman–Crippen MR) is 107 cm³/mol. The van der Waals surface area contributed by atoms with Crippen molar-refractivity contribution in [3.63, 3.8) is 0 Å². The van der Waals surface area contributed by atoms with Crippen LogP contribution in [0.15, 0.2) is 67.1 Å². The number of benzene rings is 1. The molecule has 0 aliphatic heterocycles. The average molecular weight is 399 g/mol. The third-order valence-corrected chi connectivity index (χ3v) is 5.72. The molecule has 0 aliphatic carbocycles. The van der Waals surface area contributed by atoms with Crippen LogP contribution in [0.25, 0.3) is 21.7 Å². The zero-order valence-corrected chi connectivity index (χ0v) is 16.0. The number of hydrogen-bond acceptors (Lipinski definition) is 3. The first-order valence-electron chi connectivity index (χ1n) is 8.33. The highest BCUT2D eigenvalue weighted by molar-refractivity contribution is 7.19. The second kappa shape index (κ2) is 7.27. The zero-order valence-electron chi connectivity index (χ0n) is 14.4. The van der Waals surface area contributed by atoms with E-state index in [2.05, 4.69) is 4.98 Å². The number of hydrogen-bond donors (Lipinski definition) is 1. The van der Waals surface area contributed by atoms with Crippen LogP contribution in [0.2, 0.25) is 4.34 Å². The monoisotopic (exact) mass is 398 g/mol. The summed E-state index contributed by atoms with van der Waals surface area (Å²) in [4.78, 5) is 5.08. The Morgan fingerprint density at radius 3 is 2.56 bits per heavy atom. The zero-order chi connectivity index (χ0) is 19.0. The van der Waals surface area contributed by atoms with Crippen LogP contribution < -0.4 is 0 Å². The summed E-state index contributed by atoms with van der Waals surface area (Å²) in [6, 6.07) is 13.7. The van der Waals surface area contributed by atoms with Gasteiger partial charge in [-0.05, 0) is 48.0 Å². The SMILES string of the molecule is Cn1cc(-c2ccc(Cl)s2)c(C(O)c2cccnc2)c1-c1ccc(F)cc1. The number of aliphatic hydroxyl groups is 1. The van der Waals surface area contributed by atoms with Gasteiger partial charge in [-0.15, -0.1) is 11.3 Å². The number of halogens is 2. The molecule has 27 heavy (non-hydrogen) atoms. The first-order valence-corrected chi connectivity index (χ1v) is 9.53. The lowest BCUT2D eigenvalue weighted by atomic mass is 9.95. The van der Waals surface area contributed by atoms with Gasteiger partial charge < -0.3 is 9.67 Å². The first-order chi connectivity index (χ1) is 13.0. The van der Waals surface area contributed by atoms with E-state index in [1.54, 1.807) is 30.6 Å². The molecule has 0 aliphatic rings. The molecule has 1 unspecified atom stereocenters. The van der Waals surface area contributed by atoms with Gasteiger partial charge in [0.05, 0.1) is 10.0 Å². The van der Waals surface area contributed by atoms with Crippen LogP contribution in [0, 0.1) is 5.82 Å². The number of rotatable bonds is 4. The van der Waals surface area contributed by atoms with Crippen molar-refractivity contribution in [1.29, 1.82) is 0 Å². The minimum absolute atomic E-state index is 0.299. The summed E-state index contributed by atoms with van der Waals surface area (Å²) in [5.74, 6) is -0.299. The van der Waals surface area contributed by atoms with Gasteiger partial charge in [-0.1, -0.05) is 17.7 Å². The summed E-state index contributed by atoms with van der Waals surface area (Å²) < 4.78 is 16.1.